The SMILES string of the molecule is OB(O)[C@]1(F)C(F)[C@@]1(F)c1ccc(C(F)(F)F)cc1. The summed E-state index contributed by atoms with van der Waals surface area (Å²) >= 11 is 0. The van der Waals surface area contributed by atoms with E-state index in [1.165, 1.54) is 0 Å². The Labute approximate surface area is 103 Å². The van der Waals surface area contributed by atoms with Crippen molar-refractivity contribution in [1.82, 2.24) is 0 Å². The lowest BCUT2D eigenvalue weighted by atomic mass is 9.77. The van der Waals surface area contributed by atoms with Crippen LogP contribution in [0.3, 0.4) is 0 Å². The Morgan fingerprint density at radius 1 is 1.05 bits per heavy atom. The van der Waals surface area contributed by atoms with Crippen LogP contribution in [-0.2, 0) is 11.8 Å². The van der Waals surface area contributed by atoms with Crippen LogP contribution in [0.4, 0.5) is 26.3 Å². The fraction of sp³-hybridized carbons (Fsp3) is 0.400. The Morgan fingerprint density at radius 2 is 1.53 bits per heavy atom. The lowest BCUT2D eigenvalue weighted by Crippen LogP contribution is -2.36. The lowest BCUT2D eigenvalue weighted by Gasteiger charge is -2.12. The van der Waals surface area contributed by atoms with Gasteiger partial charge in [0.1, 0.15) is 0 Å². The fourth-order valence-corrected chi connectivity index (χ4v) is 1.97. The van der Waals surface area contributed by atoms with Crippen molar-refractivity contribution in [2.75, 3.05) is 0 Å². The highest BCUT2D eigenvalue weighted by atomic mass is 19.4. The zero-order valence-corrected chi connectivity index (χ0v) is 9.13. The summed E-state index contributed by atoms with van der Waals surface area (Å²) in [4.78, 5) is 0. The number of alkyl halides is 6. The van der Waals surface area contributed by atoms with Gasteiger partial charge in [-0.25, -0.2) is 13.2 Å². The molecule has 1 aliphatic carbocycles. The van der Waals surface area contributed by atoms with E-state index >= 15 is 0 Å². The van der Waals surface area contributed by atoms with Gasteiger partial charge in [-0.15, -0.1) is 0 Å². The molecule has 9 heteroatoms. The van der Waals surface area contributed by atoms with Gasteiger partial charge in [-0.05, 0) is 17.7 Å². The highest BCUT2D eigenvalue weighted by Gasteiger charge is 2.88. The second-order valence-electron chi connectivity index (χ2n) is 4.29. The maximum absolute atomic E-state index is 14.0. The Hall–Kier alpha value is -1.22. The maximum Gasteiger partial charge on any atom is 0.498 e. The number of rotatable bonds is 2. The van der Waals surface area contributed by atoms with Crippen molar-refractivity contribution >= 4 is 7.12 Å². The van der Waals surface area contributed by atoms with Crippen LogP contribution in [0.15, 0.2) is 24.3 Å². The van der Waals surface area contributed by atoms with Crippen LogP contribution in [0.25, 0.3) is 0 Å². The molecule has 1 unspecified atom stereocenters. The van der Waals surface area contributed by atoms with Crippen LogP contribution in [0.5, 0.6) is 0 Å². The average molecular weight is 284 g/mol. The Bertz CT molecular complexity index is 490. The summed E-state index contributed by atoms with van der Waals surface area (Å²) < 4.78 is 77.6. The molecule has 2 nitrogen and oxygen atoms in total. The second-order valence-corrected chi connectivity index (χ2v) is 4.29. The first-order valence-corrected chi connectivity index (χ1v) is 5.12. The molecule has 104 valence electrons. The molecule has 1 aromatic carbocycles. The fourth-order valence-electron chi connectivity index (χ4n) is 1.97. The molecule has 19 heavy (non-hydrogen) atoms. The van der Waals surface area contributed by atoms with Crippen LogP contribution in [0.2, 0.25) is 0 Å². The van der Waals surface area contributed by atoms with Gasteiger partial charge < -0.3 is 10.0 Å². The summed E-state index contributed by atoms with van der Waals surface area (Å²) in [6.45, 7) is 0. The van der Waals surface area contributed by atoms with Crippen molar-refractivity contribution in [3.8, 4) is 0 Å². The topological polar surface area (TPSA) is 40.5 Å². The van der Waals surface area contributed by atoms with Crippen LogP contribution < -0.4 is 0 Å². The van der Waals surface area contributed by atoms with E-state index in [1.54, 1.807) is 0 Å². The number of hydrogen-bond acceptors (Lipinski definition) is 2. The first kappa shape index (κ1) is 14.2. The molecular weight excluding hydrogens is 277 g/mol. The van der Waals surface area contributed by atoms with Gasteiger partial charge in [-0.2, -0.15) is 13.2 Å². The summed E-state index contributed by atoms with van der Waals surface area (Å²) in [7, 11) is -2.91. The smallest absolute Gasteiger partial charge is 0.425 e. The summed E-state index contributed by atoms with van der Waals surface area (Å²) in [5.41, 5.74) is -8.74. The van der Waals surface area contributed by atoms with E-state index in [4.69, 9.17) is 10.0 Å². The Morgan fingerprint density at radius 3 is 1.84 bits per heavy atom. The third-order valence-electron chi connectivity index (χ3n) is 3.20. The molecule has 2 N–H and O–H groups in total. The monoisotopic (exact) mass is 284 g/mol. The zero-order valence-electron chi connectivity index (χ0n) is 9.13. The van der Waals surface area contributed by atoms with Crippen molar-refractivity contribution in [1.29, 1.82) is 0 Å². The van der Waals surface area contributed by atoms with Crippen molar-refractivity contribution in [2.24, 2.45) is 0 Å². The minimum atomic E-state index is -4.66. The van der Waals surface area contributed by atoms with E-state index < -0.39 is 41.8 Å². The molecule has 2 rings (SSSR count). The molecule has 1 aliphatic rings. The molecule has 0 spiro atoms. The summed E-state index contributed by atoms with van der Waals surface area (Å²) in [6.07, 6.45) is -7.51. The standard InChI is InChI=1S/C10H7BF6O2/c12-7-8(13,9(7,14)11(18)19)5-1-3-6(4-2-5)10(15,16)17/h1-4,7,18-19H/t7?,8-,9-/m0/s1. The third-order valence-corrected chi connectivity index (χ3v) is 3.20. The van der Waals surface area contributed by atoms with Crippen LogP contribution in [0, 0.1) is 0 Å². The van der Waals surface area contributed by atoms with Gasteiger partial charge in [0.2, 0.25) is 11.2 Å². The third kappa shape index (κ3) is 1.75. The van der Waals surface area contributed by atoms with Crippen LogP contribution >= 0.6 is 0 Å². The molecular formula is C10H7BF6O2. The molecule has 0 radical (unpaired) electrons. The highest BCUT2D eigenvalue weighted by molar-refractivity contribution is 6.48. The molecule has 1 aromatic rings. The van der Waals surface area contributed by atoms with Gasteiger partial charge in [0, 0.05) is 0 Å². The summed E-state index contributed by atoms with van der Waals surface area (Å²) in [5, 5.41) is 17.2. The van der Waals surface area contributed by atoms with E-state index in [-0.39, 0.29) is 0 Å². The largest absolute Gasteiger partial charge is 0.498 e. The molecule has 0 amide bonds. The Balaban J connectivity index is 2.35. The van der Waals surface area contributed by atoms with Gasteiger partial charge in [0.25, 0.3) is 0 Å². The molecule has 3 atom stereocenters. The molecule has 0 aromatic heterocycles. The summed E-state index contributed by atoms with van der Waals surface area (Å²) in [6, 6.07) is 2.07. The van der Waals surface area contributed by atoms with E-state index in [2.05, 4.69) is 0 Å². The highest BCUT2D eigenvalue weighted by Crippen LogP contribution is 2.64. The normalized spacial score (nSPS) is 34.2. The molecule has 0 aliphatic heterocycles. The van der Waals surface area contributed by atoms with Crippen molar-refractivity contribution < 1.29 is 36.4 Å². The predicted octanol–water partition coefficient (Wildman–Crippen LogP) is 1.94. The van der Waals surface area contributed by atoms with Gasteiger partial charge in [-0.1, -0.05) is 12.1 Å². The van der Waals surface area contributed by atoms with Gasteiger partial charge in [0.15, 0.2) is 6.17 Å². The van der Waals surface area contributed by atoms with E-state index in [9.17, 15) is 26.3 Å². The molecule has 0 saturated heterocycles. The number of benzene rings is 1. The van der Waals surface area contributed by atoms with Crippen molar-refractivity contribution in [3.05, 3.63) is 35.4 Å². The molecule has 1 fully saturated rings. The van der Waals surface area contributed by atoms with Crippen LogP contribution in [-0.4, -0.2) is 28.9 Å². The van der Waals surface area contributed by atoms with Crippen molar-refractivity contribution in [3.63, 3.8) is 0 Å². The van der Waals surface area contributed by atoms with E-state index in [0.29, 0.717) is 24.3 Å². The average Bonchev–Trinajstić information content (AvgIpc) is 2.78. The maximum atomic E-state index is 14.0. The minimum absolute atomic E-state index is 0.464. The quantitative estimate of drug-likeness (QED) is 0.643. The van der Waals surface area contributed by atoms with Crippen LogP contribution in [0.1, 0.15) is 11.1 Å². The van der Waals surface area contributed by atoms with E-state index in [1.807, 2.05) is 0 Å². The number of hydrogen-bond donors (Lipinski definition) is 2. The first-order valence-electron chi connectivity index (χ1n) is 5.12. The van der Waals surface area contributed by atoms with Gasteiger partial charge in [0.05, 0.1) is 5.56 Å². The number of halogens is 6. The van der Waals surface area contributed by atoms with Gasteiger partial charge >= 0.3 is 13.3 Å². The zero-order chi connectivity index (χ0) is 14.6. The molecule has 0 bridgehead atoms. The molecule has 1 saturated carbocycles. The predicted molar refractivity (Wildman–Crippen MR) is 53.2 cm³/mol. The summed E-state index contributed by atoms with van der Waals surface area (Å²) in [5.74, 6) is 0. The van der Waals surface area contributed by atoms with E-state index in [0.717, 1.165) is 0 Å². The van der Waals surface area contributed by atoms with Crippen molar-refractivity contribution in [2.45, 2.75) is 23.6 Å². The minimum Gasteiger partial charge on any atom is -0.425 e. The first-order chi connectivity index (χ1) is 8.56. The molecule has 0 heterocycles. The lowest BCUT2D eigenvalue weighted by molar-refractivity contribution is -0.137. The van der Waals surface area contributed by atoms with Gasteiger partial charge in [-0.3, -0.25) is 0 Å². The second kappa shape index (κ2) is 3.89. The Kier molecular flexibility index (Phi) is 2.91.